The van der Waals surface area contributed by atoms with Crippen LogP contribution in [0.4, 0.5) is 8.78 Å². The summed E-state index contributed by atoms with van der Waals surface area (Å²) in [5.74, 6) is -3.44. The molecule has 0 aliphatic rings. The van der Waals surface area contributed by atoms with Crippen LogP contribution in [0, 0.1) is 11.6 Å². The number of rotatable bonds is 3. The van der Waals surface area contributed by atoms with Crippen molar-refractivity contribution in [2.45, 2.75) is 0 Å². The molecule has 0 amide bonds. The molecular weight excluding hydrogens is 218 g/mol. The second-order valence-corrected chi connectivity index (χ2v) is 2.76. The monoisotopic (exact) mass is 222 g/mol. The molecule has 76 valence electrons. The Morgan fingerprint density at radius 2 is 1.93 bits per heavy atom. The van der Waals surface area contributed by atoms with Crippen LogP contribution in [0.2, 0.25) is 5.02 Å². The lowest BCUT2D eigenvalue weighted by molar-refractivity contribution is -0.139. The van der Waals surface area contributed by atoms with Gasteiger partial charge >= 0.3 is 5.97 Å². The van der Waals surface area contributed by atoms with Crippen molar-refractivity contribution in [2.75, 3.05) is 6.61 Å². The average Bonchev–Trinajstić information content (AvgIpc) is 2.10. The highest BCUT2D eigenvalue weighted by atomic mass is 35.5. The maximum Gasteiger partial charge on any atom is 0.341 e. The van der Waals surface area contributed by atoms with Gasteiger partial charge in [0.05, 0.1) is 0 Å². The molecule has 0 aromatic heterocycles. The van der Waals surface area contributed by atoms with E-state index in [1.54, 1.807) is 0 Å². The van der Waals surface area contributed by atoms with Crippen LogP contribution in [-0.4, -0.2) is 17.7 Å². The Hall–Kier alpha value is -1.36. The second kappa shape index (κ2) is 4.23. The minimum atomic E-state index is -1.24. The SMILES string of the molecule is O=C(O)COc1cc(F)c(Cl)c(F)c1. The number of hydrogen-bond acceptors (Lipinski definition) is 2. The van der Waals surface area contributed by atoms with Gasteiger partial charge in [0.2, 0.25) is 0 Å². The first-order chi connectivity index (χ1) is 6.50. The van der Waals surface area contributed by atoms with E-state index < -0.39 is 29.2 Å². The molecule has 0 heterocycles. The Kier molecular flexibility index (Phi) is 3.24. The van der Waals surface area contributed by atoms with Crippen molar-refractivity contribution in [3.8, 4) is 5.75 Å². The zero-order chi connectivity index (χ0) is 10.7. The molecule has 0 atom stereocenters. The van der Waals surface area contributed by atoms with Crippen molar-refractivity contribution >= 4 is 17.6 Å². The molecule has 0 aliphatic heterocycles. The summed E-state index contributed by atoms with van der Waals surface area (Å²) in [6.07, 6.45) is 0. The zero-order valence-corrected chi connectivity index (χ0v) is 7.52. The van der Waals surface area contributed by atoms with Crippen molar-refractivity contribution in [3.05, 3.63) is 28.8 Å². The van der Waals surface area contributed by atoms with Crippen LogP contribution in [0.1, 0.15) is 0 Å². The highest BCUT2D eigenvalue weighted by Crippen LogP contribution is 2.24. The van der Waals surface area contributed by atoms with E-state index in [9.17, 15) is 13.6 Å². The number of carboxylic acids is 1. The first-order valence-corrected chi connectivity index (χ1v) is 3.87. The summed E-state index contributed by atoms with van der Waals surface area (Å²) in [7, 11) is 0. The van der Waals surface area contributed by atoms with Gasteiger partial charge in [-0.25, -0.2) is 13.6 Å². The molecule has 0 bridgehead atoms. The Labute approximate surface area is 82.9 Å². The minimum absolute atomic E-state index is 0.216. The third-order valence-corrected chi connectivity index (χ3v) is 1.68. The molecule has 0 spiro atoms. The summed E-state index contributed by atoms with van der Waals surface area (Å²) in [6.45, 7) is -0.666. The smallest absolute Gasteiger partial charge is 0.341 e. The van der Waals surface area contributed by atoms with E-state index in [0.29, 0.717) is 0 Å². The summed E-state index contributed by atoms with van der Waals surface area (Å²) in [5.41, 5.74) is 0. The van der Waals surface area contributed by atoms with Gasteiger partial charge in [-0.1, -0.05) is 11.6 Å². The molecule has 0 saturated heterocycles. The Balaban J connectivity index is 2.84. The largest absolute Gasteiger partial charge is 0.482 e. The van der Waals surface area contributed by atoms with E-state index in [0.717, 1.165) is 12.1 Å². The molecule has 1 rings (SSSR count). The van der Waals surface area contributed by atoms with Gasteiger partial charge in [0.15, 0.2) is 6.61 Å². The Morgan fingerprint density at radius 3 is 2.36 bits per heavy atom. The van der Waals surface area contributed by atoms with Crippen LogP contribution < -0.4 is 4.74 Å². The summed E-state index contributed by atoms with van der Waals surface area (Å²) in [6, 6.07) is 1.63. The molecule has 0 saturated carbocycles. The average molecular weight is 223 g/mol. The van der Waals surface area contributed by atoms with Gasteiger partial charge in [0.25, 0.3) is 0 Å². The molecule has 14 heavy (non-hydrogen) atoms. The second-order valence-electron chi connectivity index (χ2n) is 2.38. The lowest BCUT2D eigenvalue weighted by atomic mass is 10.3. The predicted molar refractivity (Wildman–Crippen MR) is 44.5 cm³/mol. The summed E-state index contributed by atoms with van der Waals surface area (Å²) >= 11 is 5.19. The third-order valence-electron chi connectivity index (χ3n) is 1.32. The van der Waals surface area contributed by atoms with Crippen LogP contribution >= 0.6 is 11.6 Å². The highest BCUT2D eigenvalue weighted by molar-refractivity contribution is 6.30. The highest BCUT2D eigenvalue weighted by Gasteiger charge is 2.10. The molecule has 6 heteroatoms. The fraction of sp³-hybridized carbons (Fsp3) is 0.125. The maximum absolute atomic E-state index is 12.8. The fourth-order valence-electron chi connectivity index (χ4n) is 0.761. The molecule has 0 aliphatic carbocycles. The van der Waals surface area contributed by atoms with Gasteiger partial charge in [-0.3, -0.25) is 0 Å². The number of benzene rings is 1. The van der Waals surface area contributed by atoms with Crippen LogP contribution in [0.5, 0.6) is 5.75 Å². The van der Waals surface area contributed by atoms with Gasteiger partial charge in [-0.15, -0.1) is 0 Å². The van der Waals surface area contributed by atoms with E-state index in [1.165, 1.54) is 0 Å². The van der Waals surface area contributed by atoms with E-state index in [-0.39, 0.29) is 5.75 Å². The number of carbonyl (C=O) groups is 1. The van der Waals surface area contributed by atoms with Crippen molar-refractivity contribution in [2.24, 2.45) is 0 Å². The van der Waals surface area contributed by atoms with Crippen molar-refractivity contribution in [3.63, 3.8) is 0 Å². The van der Waals surface area contributed by atoms with E-state index in [2.05, 4.69) is 4.74 Å². The predicted octanol–water partition coefficient (Wildman–Crippen LogP) is 2.08. The third kappa shape index (κ3) is 2.56. The molecule has 3 nitrogen and oxygen atoms in total. The summed E-state index contributed by atoms with van der Waals surface area (Å²) in [4.78, 5) is 10.1. The lowest BCUT2D eigenvalue weighted by Gasteiger charge is -2.04. The molecule has 1 aromatic rings. The van der Waals surface area contributed by atoms with E-state index in [1.807, 2.05) is 0 Å². The van der Waals surface area contributed by atoms with Crippen LogP contribution in [0.15, 0.2) is 12.1 Å². The number of aliphatic carboxylic acids is 1. The van der Waals surface area contributed by atoms with Crippen molar-refractivity contribution < 1.29 is 23.4 Å². The van der Waals surface area contributed by atoms with Crippen molar-refractivity contribution in [1.29, 1.82) is 0 Å². The minimum Gasteiger partial charge on any atom is -0.482 e. The standard InChI is InChI=1S/C8H5ClF2O3/c9-8-5(10)1-4(2-6(8)11)14-3-7(12)13/h1-2H,3H2,(H,12,13). The molecule has 0 radical (unpaired) electrons. The first-order valence-electron chi connectivity index (χ1n) is 3.50. The lowest BCUT2D eigenvalue weighted by Crippen LogP contribution is -2.09. The van der Waals surface area contributed by atoms with Crippen molar-refractivity contribution in [1.82, 2.24) is 0 Å². The van der Waals surface area contributed by atoms with E-state index in [4.69, 9.17) is 16.7 Å². The number of halogens is 3. The van der Waals surface area contributed by atoms with Crippen LogP contribution in [0.3, 0.4) is 0 Å². The number of hydrogen-bond donors (Lipinski definition) is 1. The Bertz CT molecular complexity index is 345. The molecule has 1 aromatic carbocycles. The quantitative estimate of drug-likeness (QED) is 0.797. The van der Waals surface area contributed by atoms with Gasteiger partial charge in [-0.05, 0) is 0 Å². The zero-order valence-electron chi connectivity index (χ0n) is 6.76. The number of ether oxygens (including phenoxy) is 1. The molecule has 0 unspecified atom stereocenters. The number of carboxylic acid groups (broad SMARTS) is 1. The van der Waals surface area contributed by atoms with Crippen LogP contribution in [0.25, 0.3) is 0 Å². The van der Waals surface area contributed by atoms with Gasteiger partial charge in [0.1, 0.15) is 22.4 Å². The first kappa shape index (κ1) is 10.7. The molecule has 1 N–H and O–H groups in total. The fourth-order valence-corrected chi connectivity index (χ4v) is 0.870. The van der Waals surface area contributed by atoms with Gasteiger partial charge < -0.3 is 9.84 Å². The molecular formula is C8H5ClF2O3. The van der Waals surface area contributed by atoms with Gasteiger partial charge in [-0.2, -0.15) is 0 Å². The summed E-state index contributed by atoms with van der Waals surface area (Å²) in [5, 5.41) is 7.58. The van der Waals surface area contributed by atoms with Gasteiger partial charge in [0, 0.05) is 12.1 Å². The van der Waals surface area contributed by atoms with Crippen LogP contribution in [-0.2, 0) is 4.79 Å². The molecule has 0 fully saturated rings. The topological polar surface area (TPSA) is 46.5 Å². The normalized spacial score (nSPS) is 9.93. The Morgan fingerprint density at radius 1 is 1.43 bits per heavy atom. The van der Waals surface area contributed by atoms with E-state index >= 15 is 0 Å². The maximum atomic E-state index is 12.8. The summed E-state index contributed by atoms with van der Waals surface area (Å²) < 4.78 is 30.1.